The molecular formula is C22H19Cl4F3NO-. The molecule has 0 bridgehead atoms. The molecule has 0 N–H and O–H groups in total. The van der Waals surface area contributed by atoms with Gasteiger partial charge >= 0.3 is 6.18 Å². The summed E-state index contributed by atoms with van der Waals surface area (Å²) in [4.78, 5) is 4.12. The standard InChI is InChI=1S/C22H20Cl4F3NO/c1-3-14(4-2)30-21(31)15-7-5-12(9-17(15)23)6-8-16(22(27,28)29)13-10-18(24)20(26)19(25)11-13/h5-11,14,16H,3-4H2,1-2H3,(H,30,31)/p-1/b8-6+. The summed E-state index contributed by atoms with van der Waals surface area (Å²) in [6.07, 6.45) is -0.911. The zero-order chi connectivity index (χ0) is 23.3. The Hall–Kier alpha value is -1.40. The lowest BCUT2D eigenvalue weighted by atomic mass is 9.97. The Labute approximate surface area is 199 Å². The van der Waals surface area contributed by atoms with Crippen LogP contribution in [0.25, 0.3) is 6.08 Å². The Balaban J connectivity index is 2.36. The van der Waals surface area contributed by atoms with Crippen LogP contribution in [0.2, 0.25) is 20.1 Å². The fraction of sp³-hybridized carbons (Fsp3) is 0.318. The van der Waals surface area contributed by atoms with Gasteiger partial charge in [0.05, 0.1) is 21.0 Å². The molecule has 0 spiro atoms. The zero-order valence-electron chi connectivity index (χ0n) is 16.6. The van der Waals surface area contributed by atoms with Gasteiger partial charge in [-0.2, -0.15) is 13.2 Å². The molecule has 0 aromatic heterocycles. The molecule has 0 fully saturated rings. The number of aliphatic imine (C=N–C) groups is 1. The highest BCUT2D eigenvalue weighted by Crippen LogP contribution is 2.41. The number of rotatable bonds is 7. The first-order valence-electron chi connectivity index (χ1n) is 9.41. The van der Waals surface area contributed by atoms with Gasteiger partial charge in [0.1, 0.15) is 0 Å². The fourth-order valence-corrected chi connectivity index (χ4v) is 3.77. The lowest BCUT2D eigenvalue weighted by Gasteiger charge is -2.19. The summed E-state index contributed by atoms with van der Waals surface area (Å²) in [7, 11) is 0. The Bertz CT molecular complexity index is 962. The summed E-state index contributed by atoms with van der Waals surface area (Å²) in [6, 6.07) is 6.54. The van der Waals surface area contributed by atoms with Crippen molar-refractivity contribution in [1.29, 1.82) is 0 Å². The Morgan fingerprint density at radius 2 is 1.58 bits per heavy atom. The van der Waals surface area contributed by atoms with Gasteiger partial charge in [-0.3, -0.25) is 4.99 Å². The van der Waals surface area contributed by atoms with E-state index < -0.39 is 18.0 Å². The van der Waals surface area contributed by atoms with Crippen LogP contribution in [0.3, 0.4) is 0 Å². The molecule has 0 aliphatic heterocycles. The molecule has 168 valence electrons. The van der Waals surface area contributed by atoms with Gasteiger partial charge in [-0.25, -0.2) is 0 Å². The summed E-state index contributed by atoms with van der Waals surface area (Å²) < 4.78 is 41.0. The van der Waals surface area contributed by atoms with Crippen LogP contribution in [0.4, 0.5) is 13.2 Å². The summed E-state index contributed by atoms with van der Waals surface area (Å²) in [5.41, 5.74) is 0.448. The van der Waals surface area contributed by atoms with Crippen molar-refractivity contribution in [3.8, 4) is 0 Å². The zero-order valence-corrected chi connectivity index (χ0v) is 19.6. The topological polar surface area (TPSA) is 35.4 Å². The first kappa shape index (κ1) is 25.9. The SMILES string of the molecule is CCC(CC)N=C([O-])c1ccc(/C=C/C(c2cc(Cl)c(Cl)c(Cl)c2)C(F)(F)F)cc1Cl. The molecule has 2 aromatic carbocycles. The third-order valence-corrected chi connectivity index (χ3v) is 6.17. The summed E-state index contributed by atoms with van der Waals surface area (Å²) in [5, 5.41) is 12.3. The van der Waals surface area contributed by atoms with Gasteiger partial charge in [0.25, 0.3) is 0 Å². The van der Waals surface area contributed by atoms with Crippen molar-refractivity contribution in [1.82, 2.24) is 0 Å². The Morgan fingerprint density at radius 3 is 2.06 bits per heavy atom. The van der Waals surface area contributed by atoms with E-state index in [4.69, 9.17) is 46.4 Å². The Morgan fingerprint density at radius 1 is 1.00 bits per heavy atom. The van der Waals surface area contributed by atoms with E-state index in [9.17, 15) is 18.3 Å². The molecule has 31 heavy (non-hydrogen) atoms. The molecule has 1 unspecified atom stereocenters. The monoisotopic (exact) mass is 510 g/mol. The minimum Gasteiger partial charge on any atom is -0.858 e. The van der Waals surface area contributed by atoms with E-state index in [2.05, 4.69) is 4.99 Å². The number of hydrogen-bond donors (Lipinski definition) is 0. The first-order valence-corrected chi connectivity index (χ1v) is 10.9. The van der Waals surface area contributed by atoms with Gasteiger partial charge in [-0.15, -0.1) is 0 Å². The smallest absolute Gasteiger partial charge is 0.399 e. The first-order chi connectivity index (χ1) is 14.5. The molecule has 2 rings (SSSR count). The van der Waals surface area contributed by atoms with Crippen LogP contribution >= 0.6 is 46.4 Å². The van der Waals surface area contributed by atoms with Crippen molar-refractivity contribution in [3.05, 3.63) is 73.2 Å². The highest BCUT2D eigenvalue weighted by molar-refractivity contribution is 6.48. The van der Waals surface area contributed by atoms with Crippen LogP contribution < -0.4 is 5.11 Å². The molecule has 2 nitrogen and oxygen atoms in total. The maximum absolute atomic E-state index is 13.7. The predicted molar refractivity (Wildman–Crippen MR) is 122 cm³/mol. The second-order valence-electron chi connectivity index (χ2n) is 6.82. The van der Waals surface area contributed by atoms with Gasteiger partial charge in [-0.1, -0.05) is 84.5 Å². The summed E-state index contributed by atoms with van der Waals surface area (Å²) >= 11 is 23.8. The average molecular weight is 512 g/mol. The van der Waals surface area contributed by atoms with Crippen molar-refractivity contribution >= 4 is 58.4 Å². The molecule has 2 aromatic rings. The van der Waals surface area contributed by atoms with Gasteiger partial charge < -0.3 is 5.11 Å². The fourth-order valence-electron chi connectivity index (χ4n) is 2.89. The molecule has 1 atom stereocenters. The van der Waals surface area contributed by atoms with Crippen molar-refractivity contribution in [2.75, 3.05) is 0 Å². The van der Waals surface area contributed by atoms with E-state index in [0.717, 1.165) is 31.1 Å². The van der Waals surface area contributed by atoms with Gasteiger partial charge in [-0.05, 0) is 48.1 Å². The molecule has 0 saturated carbocycles. The van der Waals surface area contributed by atoms with E-state index in [0.29, 0.717) is 5.56 Å². The van der Waals surface area contributed by atoms with Gasteiger partial charge in [0, 0.05) is 16.6 Å². The maximum atomic E-state index is 13.7. The predicted octanol–water partition coefficient (Wildman–Crippen LogP) is 7.96. The van der Waals surface area contributed by atoms with Crippen LogP contribution in [0.1, 0.15) is 49.3 Å². The van der Waals surface area contributed by atoms with E-state index in [-0.39, 0.29) is 37.3 Å². The van der Waals surface area contributed by atoms with E-state index >= 15 is 0 Å². The maximum Gasteiger partial charge on any atom is 0.399 e. The lowest BCUT2D eigenvalue weighted by Crippen LogP contribution is -2.22. The molecule has 0 heterocycles. The summed E-state index contributed by atoms with van der Waals surface area (Å²) in [6.45, 7) is 3.86. The molecule has 0 aliphatic carbocycles. The molecule has 0 radical (unpaired) electrons. The van der Waals surface area contributed by atoms with Crippen molar-refractivity contribution < 1.29 is 18.3 Å². The number of alkyl halides is 3. The minimum atomic E-state index is -4.59. The second-order valence-corrected chi connectivity index (χ2v) is 8.42. The number of nitrogens with zero attached hydrogens (tertiary/aromatic N) is 1. The van der Waals surface area contributed by atoms with Crippen LogP contribution in [0, 0.1) is 0 Å². The molecule has 0 aliphatic rings. The quantitative estimate of drug-likeness (QED) is 0.211. The number of allylic oxidation sites excluding steroid dienone is 1. The van der Waals surface area contributed by atoms with Crippen LogP contribution in [-0.2, 0) is 0 Å². The second kappa shape index (κ2) is 11.0. The molecule has 9 heteroatoms. The van der Waals surface area contributed by atoms with E-state index in [1.54, 1.807) is 0 Å². The van der Waals surface area contributed by atoms with Crippen molar-refractivity contribution in [2.24, 2.45) is 4.99 Å². The molecule has 0 amide bonds. The highest BCUT2D eigenvalue weighted by atomic mass is 35.5. The van der Waals surface area contributed by atoms with Gasteiger partial charge in [0.15, 0.2) is 0 Å². The Kier molecular flexibility index (Phi) is 9.14. The number of benzene rings is 2. The average Bonchev–Trinajstić information content (AvgIpc) is 2.69. The van der Waals surface area contributed by atoms with Crippen molar-refractivity contribution in [2.45, 2.75) is 44.8 Å². The molecule has 0 saturated heterocycles. The number of halogens is 7. The van der Waals surface area contributed by atoms with Crippen molar-refractivity contribution in [3.63, 3.8) is 0 Å². The molecular weight excluding hydrogens is 493 g/mol. The lowest BCUT2D eigenvalue weighted by molar-refractivity contribution is -0.213. The minimum absolute atomic E-state index is 0.0113. The third kappa shape index (κ3) is 6.79. The van der Waals surface area contributed by atoms with Crippen LogP contribution in [-0.4, -0.2) is 18.1 Å². The van der Waals surface area contributed by atoms with Gasteiger partial charge in [0.2, 0.25) is 0 Å². The summed E-state index contributed by atoms with van der Waals surface area (Å²) in [5.74, 6) is -2.42. The van der Waals surface area contributed by atoms with E-state index in [1.165, 1.54) is 24.3 Å². The normalized spacial score (nSPS) is 13.9. The number of hydrogen-bond acceptors (Lipinski definition) is 2. The highest BCUT2D eigenvalue weighted by Gasteiger charge is 2.39. The van der Waals surface area contributed by atoms with Crippen LogP contribution in [0.5, 0.6) is 0 Å². The van der Waals surface area contributed by atoms with E-state index in [1.807, 2.05) is 13.8 Å². The third-order valence-electron chi connectivity index (χ3n) is 4.66. The largest absolute Gasteiger partial charge is 0.858 e. The van der Waals surface area contributed by atoms with Crippen LogP contribution in [0.15, 0.2) is 41.4 Å².